The molecule has 3 N–H and O–H groups in total. The van der Waals surface area contributed by atoms with Crippen molar-refractivity contribution in [3.05, 3.63) is 63.6 Å². The number of rotatable bonds is 3. The Hall–Kier alpha value is -2.14. The molecule has 5 heteroatoms. The van der Waals surface area contributed by atoms with Crippen LogP contribution in [0.15, 0.2) is 52.0 Å². The smallest absolute Gasteiger partial charge is 0.271 e. The fourth-order valence-electron chi connectivity index (χ4n) is 1.72. The predicted molar refractivity (Wildman–Crippen MR) is 89.4 cm³/mol. The Morgan fingerprint density at radius 3 is 2.38 bits per heavy atom. The lowest BCUT2D eigenvalue weighted by molar-refractivity contribution is 0.0955. The number of nitrogens with two attached hydrogens (primary N) is 1. The van der Waals surface area contributed by atoms with Crippen LogP contribution in [-0.4, -0.2) is 11.6 Å². The first-order chi connectivity index (χ1) is 9.97. The standard InChI is InChI=1S/C16H16BrN3O/c1-10-3-4-13(9-15(10)17)16(21)20-19-11(2)12-5-7-14(18)8-6-12/h3-9H,18H2,1-2H3,(H,20,21)/b19-11+. The molecule has 108 valence electrons. The van der Waals surface area contributed by atoms with Crippen LogP contribution in [0.5, 0.6) is 0 Å². The van der Waals surface area contributed by atoms with Crippen LogP contribution in [-0.2, 0) is 0 Å². The lowest BCUT2D eigenvalue weighted by Crippen LogP contribution is -2.19. The summed E-state index contributed by atoms with van der Waals surface area (Å²) in [6, 6.07) is 12.8. The van der Waals surface area contributed by atoms with Gasteiger partial charge in [0.2, 0.25) is 0 Å². The minimum absolute atomic E-state index is 0.245. The maximum atomic E-state index is 12.0. The van der Waals surface area contributed by atoms with E-state index >= 15 is 0 Å². The normalized spacial score (nSPS) is 11.3. The molecule has 0 atom stereocenters. The van der Waals surface area contributed by atoms with Crippen LogP contribution in [0, 0.1) is 6.92 Å². The van der Waals surface area contributed by atoms with Crippen LogP contribution in [0.3, 0.4) is 0 Å². The summed E-state index contributed by atoms with van der Waals surface area (Å²) in [6.07, 6.45) is 0. The monoisotopic (exact) mass is 345 g/mol. The molecule has 0 aliphatic rings. The zero-order valence-corrected chi connectivity index (χ0v) is 13.4. The number of benzene rings is 2. The Labute approximate surface area is 132 Å². The Balaban J connectivity index is 2.10. The fraction of sp³-hybridized carbons (Fsp3) is 0.125. The van der Waals surface area contributed by atoms with Gasteiger partial charge in [-0.3, -0.25) is 4.79 Å². The summed E-state index contributed by atoms with van der Waals surface area (Å²) in [6.45, 7) is 3.80. The van der Waals surface area contributed by atoms with Crippen LogP contribution in [0.25, 0.3) is 0 Å². The van der Waals surface area contributed by atoms with Gasteiger partial charge in [-0.15, -0.1) is 0 Å². The summed E-state index contributed by atoms with van der Waals surface area (Å²) >= 11 is 3.41. The van der Waals surface area contributed by atoms with Crippen LogP contribution in [0.1, 0.15) is 28.4 Å². The van der Waals surface area contributed by atoms with E-state index in [1.54, 1.807) is 24.3 Å². The van der Waals surface area contributed by atoms with E-state index < -0.39 is 0 Å². The Bertz CT molecular complexity index is 693. The number of carbonyl (C=O) groups is 1. The molecule has 4 nitrogen and oxygen atoms in total. The number of nitrogens with zero attached hydrogens (tertiary/aromatic N) is 1. The first-order valence-electron chi connectivity index (χ1n) is 6.44. The number of hydrogen-bond acceptors (Lipinski definition) is 3. The molecule has 0 saturated carbocycles. The van der Waals surface area contributed by atoms with E-state index in [0.717, 1.165) is 21.3 Å². The molecule has 0 aromatic heterocycles. The second-order valence-corrected chi connectivity index (χ2v) is 5.58. The summed E-state index contributed by atoms with van der Waals surface area (Å²) in [5, 5.41) is 4.11. The van der Waals surface area contributed by atoms with Gasteiger partial charge in [-0.2, -0.15) is 5.10 Å². The van der Waals surface area contributed by atoms with E-state index in [1.807, 2.05) is 32.0 Å². The molecule has 0 bridgehead atoms. The second-order valence-electron chi connectivity index (χ2n) is 4.72. The molecule has 2 aromatic carbocycles. The highest BCUT2D eigenvalue weighted by atomic mass is 79.9. The summed E-state index contributed by atoms with van der Waals surface area (Å²) in [5.74, 6) is -0.245. The lowest BCUT2D eigenvalue weighted by atomic mass is 10.1. The maximum absolute atomic E-state index is 12.0. The van der Waals surface area contributed by atoms with Crippen molar-refractivity contribution in [2.75, 3.05) is 5.73 Å². The molecule has 0 spiro atoms. The third kappa shape index (κ3) is 3.92. The van der Waals surface area contributed by atoms with Crippen molar-refractivity contribution in [2.24, 2.45) is 5.10 Å². The molecule has 0 saturated heterocycles. The highest BCUT2D eigenvalue weighted by Crippen LogP contribution is 2.17. The van der Waals surface area contributed by atoms with E-state index in [1.165, 1.54) is 0 Å². The molecular weight excluding hydrogens is 330 g/mol. The van der Waals surface area contributed by atoms with Gasteiger partial charge in [0.05, 0.1) is 5.71 Å². The summed E-state index contributed by atoms with van der Waals surface area (Å²) in [4.78, 5) is 12.0. The number of hydrogen-bond donors (Lipinski definition) is 2. The second kappa shape index (κ2) is 6.54. The van der Waals surface area contributed by atoms with Crippen molar-refractivity contribution in [3.8, 4) is 0 Å². The predicted octanol–water partition coefficient (Wildman–Crippen LogP) is 3.49. The zero-order chi connectivity index (χ0) is 15.4. The first kappa shape index (κ1) is 15.3. The van der Waals surface area contributed by atoms with E-state index in [-0.39, 0.29) is 5.91 Å². The highest BCUT2D eigenvalue weighted by molar-refractivity contribution is 9.10. The van der Waals surface area contributed by atoms with E-state index in [0.29, 0.717) is 11.3 Å². The Kier molecular flexibility index (Phi) is 4.75. The molecular formula is C16H16BrN3O. The van der Waals surface area contributed by atoms with Crippen molar-refractivity contribution in [2.45, 2.75) is 13.8 Å². The van der Waals surface area contributed by atoms with Crippen molar-refractivity contribution in [1.82, 2.24) is 5.43 Å². The summed E-state index contributed by atoms with van der Waals surface area (Å²) < 4.78 is 0.898. The SMILES string of the molecule is C/C(=N\NC(=O)c1ccc(C)c(Br)c1)c1ccc(N)cc1. The molecule has 0 unspecified atom stereocenters. The van der Waals surface area contributed by atoms with Crippen LogP contribution >= 0.6 is 15.9 Å². The van der Waals surface area contributed by atoms with Crippen molar-refractivity contribution in [1.29, 1.82) is 0 Å². The molecule has 0 aliphatic heterocycles. The van der Waals surface area contributed by atoms with Crippen molar-refractivity contribution >= 4 is 33.2 Å². The number of nitrogens with one attached hydrogen (secondary N) is 1. The van der Waals surface area contributed by atoms with Crippen LogP contribution in [0.4, 0.5) is 5.69 Å². The van der Waals surface area contributed by atoms with Crippen molar-refractivity contribution in [3.63, 3.8) is 0 Å². The molecule has 2 rings (SSSR count). The third-order valence-electron chi connectivity index (χ3n) is 3.09. The molecule has 0 heterocycles. The molecule has 0 radical (unpaired) electrons. The van der Waals surface area contributed by atoms with Gasteiger partial charge < -0.3 is 5.73 Å². The number of aryl methyl sites for hydroxylation is 1. The molecule has 0 aliphatic carbocycles. The zero-order valence-electron chi connectivity index (χ0n) is 11.9. The average molecular weight is 346 g/mol. The number of anilines is 1. The van der Waals surface area contributed by atoms with Gasteiger partial charge in [0.1, 0.15) is 0 Å². The average Bonchev–Trinajstić information content (AvgIpc) is 2.48. The fourth-order valence-corrected chi connectivity index (χ4v) is 2.10. The Morgan fingerprint density at radius 2 is 1.76 bits per heavy atom. The van der Waals surface area contributed by atoms with Gasteiger partial charge in [0.25, 0.3) is 5.91 Å². The summed E-state index contributed by atoms with van der Waals surface area (Å²) in [5.41, 5.74) is 12.1. The molecule has 21 heavy (non-hydrogen) atoms. The topological polar surface area (TPSA) is 67.5 Å². The lowest BCUT2D eigenvalue weighted by Gasteiger charge is -2.05. The third-order valence-corrected chi connectivity index (χ3v) is 3.94. The highest BCUT2D eigenvalue weighted by Gasteiger charge is 2.06. The number of hydrazone groups is 1. The summed E-state index contributed by atoms with van der Waals surface area (Å²) in [7, 11) is 0. The quantitative estimate of drug-likeness (QED) is 0.507. The number of halogens is 1. The molecule has 1 amide bonds. The largest absolute Gasteiger partial charge is 0.399 e. The van der Waals surface area contributed by atoms with E-state index in [2.05, 4.69) is 26.5 Å². The van der Waals surface area contributed by atoms with Crippen LogP contribution < -0.4 is 11.2 Å². The van der Waals surface area contributed by atoms with Gasteiger partial charge in [-0.25, -0.2) is 5.43 Å². The Morgan fingerprint density at radius 1 is 1.14 bits per heavy atom. The maximum Gasteiger partial charge on any atom is 0.271 e. The number of amides is 1. The minimum atomic E-state index is -0.245. The molecule has 2 aromatic rings. The van der Waals surface area contributed by atoms with Gasteiger partial charge >= 0.3 is 0 Å². The van der Waals surface area contributed by atoms with Crippen molar-refractivity contribution < 1.29 is 4.79 Å². The minimum Gasteiger partial charge on any atom is -0.399 e. The van der Waals surface area contributed by atoms with E-state index in [4.69, 9.17) is 5.73 Å². The number of nitrogen functional groups attached to an aromatic ring is 1. The van der Waals surface area contributed by atoms with E-state index in [9.17, 15) is 4.79 Å². The molecule has 0 fully saturated rings. The van der Waals surface area contributed by atoms with Gasteiger partial charge in [-0.1, -0.05) is 34.1 Å². The van der Waals surface area contributed by atoms with Gasteiger partial charge in [0.15, 0.2) is 0 Å². The van der Waals surface area contributed by atoms with Gasteiger partial charge in [0, 0.05) is 15.7 Å². The number of carbonyl (C=O) groups excluding carboxylic acids is 1. The first-order valence-corrected chi connectivity index (χ1v) is 7.23. The van der Waals surface area contributed by atoms with Crippen LogP contribution in [0.2, 0.25) is 0 Å². The van der Waals surface area contributed by atoms with Gasteiger partial charge in [-0.05, 0) is 49.2 Å².